The minimum Gasteiger partial charge on any atom is -0.370 e. The number of hydrogen-bond donors (Lipinski definition) is 1. The van der Waals surface area contributed by atoms with Crippen LogP contribution in [-0.2, 0) is 0 Å². The average molecular weight is 311 g/mol. The van der Waals surface area contributed by atoms with Crippen LogP contribution in [0.15, 0.2) is 22.7 Å². The minimum atomic E-state index is 0.795. The monoisotopic (exact) mass is 310 g/mol. The Hall–Kier alpha value is -0.540. The van der Waals surface area contributed by atoms with Crippen molar-refractivity contribution in [1.82, 2.24) is 5.32 Å². The van der Waals surface area contributed by atoms with Gasteiger partial charge in [0.15, 0.2) is 0 Å². The number of aryl methyl sites for hydroxylation is 1. The topological polar surface area (TPSA) is 15.3 Å². The van der Waals surface area contributed by atoms with Gasteiger partial charge in [0.25, 0.3) is 0 Å². The van der Waals surface area contributed by atoms with Crippen molar-refractivity contribution in [2.24, 2.45) is 5.92 Å². The molecule has 2 rings (SSSR count). The molecule has 1 saturated heterocycles. The van der Waals surface area contributed by atoms with Crippen molar-refractivity contribution in [2.75, 3.05) is 31.1 Å². The number of nitrogens with one attached hydrogen (secondary N) is 1. The summed E-state index contributed by atoms with van der Waals surface area (Å²) in [5.74, 6) is 0.795. The third-order valence-corrected chi connectivity index (χ3v) is 4.26. The fraction of sp³-hybridized carbons (Fsp3) is 0.600. The Morgan fingerprint density at radius 2 is 2.28 bits per heavy atom. The first-order valence-corrected chi connectivity index (χ1v) is 7.72. The molecule has 1 N–H and O–H groups in total. The Morgan fingerprint density at radius 1 is 1.44 bits per heavy atom. The van der Waals surface area contributed by atoms with E-state index in [4.69, 9.17) is 0 Å². The van der Waals surface area contributed by atoms with E-state index in [9.17, 15) is 0 Å². The van der Waals surface area contributed by atoms with Crippen LogP contribution in [0.25, 0.3) is 0 Å². The van der Waals surface area contributed by atoms with Gasteiger partial charge in [0.2, 0.25) is 0 Å². The van der Waals surface area contributed by atoms with Crippen molar-refractivity contribution in [1.29, 1.82) is 0 Å². The molecule has 0 spiro atoms. The smallest absolute Gasteiger partial charge is 0.0513 e. The lowest BCUT2D eigenvalue weighted by molar-refractivity contribution is 0.516. The molecular weight excluding hydrogens is 288 g/mol. The van der Waals surface area contributed by atoms with E-state index in [0.717, 1.165) is 19.0 Å². The molecule has 0 aliphatic carbocycles. The van der Waals surface area contributed by atoms with E-state index in [1.54, 1.807) is 0 Å². The fourth-order valence-electron chi connectivity index (χ4n) is 2.57. The standard InChI is InChI=1S/C15H23BrN2/c1-3-7-17-10-13-6-8-18(11-13)15-9-12(2)4-5-14(15)16/h4-5,9,13,17H,3,6-8,10-11H2,1-2H3. The second-order valence-corrected chi connectivity index (χ2v) is 6.11. The van der Waals surface area contributed by atoms with E-state index in [-0.39, 0.29) is 0 Å². The molecule has 1 unspecified atom stereocenters. The molecule has 1 heterocycles. The van der Waals surface area contributed by atoms with Crippen LogP contribution in [0, 0.1) is 12.8 Å². The molecule has 0 radical (unpaired) electrons. The quantitative estimate of drug-likeness (QED) is 0.836. The molecule has 0 aromatic heterocycles. The van der Waals surface area contributed by atoms with Gasteiger partial charge < -0.3 is 10.2 Å². The van der Waals surface area contributed by atoms with Crippen molar-refractivity contribution in [2.45, 2.75) is 26.7 Å². The highest BCUT2D eigenvalue weighted by molar-refractivity contribution is 9.10. The molecule has 0 amide bonds. The summed E-state index contributed by atoms with van der Waals surface area (Å²) >= 11 is 3.67. The third-order valence-electron chi connectivity index (χ3n) is 3.59. The van der Waals surface area contributed by atoms with Crippen LogP contribution >= 0.6 is 15.9 Å². The maximum absolute atomic E-state index is 3.67. The number of nitrogens with zero attached hydrogens (tertiary/aromatic N) is 1. The van der Waals surface area contributed by atoms with Crippen molar-refractivity contribution >= 4 is 21.6 Å². The molecule has 1 aliphatic heterocycles. The number of benzene rings is 1. The predicted molar refractivity (Wildman–Crippen MR) is 82.4 cm³/mol. The van der Waals surface area contributed by atoms with Crippen LogP contribution in [0.3, 0.4) is 0 Å². The highest BCUT2D eigenvalue weighted by Gasteiger charge is 2.23. The summed E-state index contributed by atoms with van der Waals surface area (Å²) in [5, 5.41) is 3.54. The number of hydrogen-bond acceptors (Lipinski definition) is 2. The summed E-state index contributed by atoms with van der Waals surface area (Å²) in [4.78, 5) is 2.51. The Kier molecular flexibility index (Phi) is 5.07. The lowest BCUT2D eigenvalue weighted by Crippen LogP contribution is -2.27. The van der Waals surface area contributed by atoms with Gasteiger partial charge in [-0.1, -0.05) is 13.0 Å². The van der Waals surface area contributed by atoms with E-state index < -0.39 is 0 Å². The SMILES string of the molecule is CCCNCC1CCN(c2cc(C)ccc2Br)C1. The summed E-state index contributed by atoms with van der Waals surface area (Å²) in [5.41, 5.74) is 2.69. The summed E-state index contributed by atoms with van der Waals surface area (Å²) in [7, 11) is 0. The molecule has 1 atom stereocenters. The highest BCUT2D eigenvalue weighted by atomic mass is 79.9. The normalized spacial score (nSPS) is 19.5. The van der Waals surface area contributed by atoms with Gasteiger partial charge in [-0.15, -0.1) is 0 Å². The zero-order valence-corrected chi connectivity index (χ0v) is 13.0. The van der Waals surface area contributed by atoms with E-state index in [1.807, 2.05) is 0 Å². The van der Waals surface area contributed by atoms with E-state index in [1.165, 1.54) is 41.7 Å². The van der Waals surface area contributed by atoms with Gasteiger partial charge in [0.05, 0.1) is 5.69 Å². The summed E-state index contributed by atoms with van der Waals surface area (Å²) in [6.45, 7) is 9.04. The zero-order valence-electron chi connectivity index (χ0n) is 11.4. The maximum Gasteiger partial charge on any atom is 0.0513 e. The number of halogens is 1. The van der Waals surface area contributed by atoms with Crippen molar-refractivity contribution in [3.8, 4) is 0 Å². The van der Waals surface area contributed by atoms with Gasteiger partial charge in [-0.3, -0.25) is 0 Å². The lowest BCUT2D eigenvalue weighted by Gasteiger charge is -2.21. The first-order chi connectivity index (χ1) is 8.70. The third kappa shape index (κ3) is 3.48. The van der Waals surface area contributed by atoms with Crippen LogP contribution in [0.5, 0.6) is 0 Å². The van der Waals surface area contributed by atoms with Crippen molar-refractivity contribution in [3.63, 3.8) is 0 Å². The Balaban J connectivity index is 1.93. The summed E-state index contributed by atoms with van der Waals surface area (Å²) in [6.07, 6.45) is 2.52. The first-order valence-electron chi connectivity index (χ1n) is 6.92. The second-order valence-electron chi connectivity index (χ2n) is 5.26. The maximum atomic E-state index is 3.67. The zero-order chi connectivity index (χ0) is 13.0. The van der Waals surface area contributed by atoms with Gasteiger partial charge in [0.1, 0.15) is 0 Å². The van der Waals surface area contributed by atoms with E-state index in [2.05, 4.69) is 58.2 Å². The molecule has 2 nitrogen and oxygen atoms in total. The second kappa shape index (κ2) is 6.58. The van der Waals surface area contributed by atoms with Crippen LogP contribution in [0.4, 0.5) is 5.69 Å². The Morgan fingerprint density at radius 3 is 3.06 bits per heavy atom. The average Bonchev–Trinajstić information content (AvgIpc) is 2.81. The summed E-state index contributed by atoms with van der Waals surface area (Å²) in [6, 6.07) is 6.60. The fourth-order valence-corrected chi connectivity index (χ4v) is 3.06. The van der Waals surface area contributed by atoms with Crippen LogP contribution in [0.1, 0.15) is 25.3 Å². The Labute approximate surface area is 119 Å². The summed E-state index contributed by atoms with van der Waals surface area (Å²) < 4.78 is 1.22. The van der Waals surface area contributed by atoms with E-state index in [0.29, 0.717) is 0 Å². The lowest BCUT2D eigenvalue weighted by atomic mass is 10.1. The number of anilines is 1. The molecule has 100 valence electrons. The minimum absolute atomic E-state index is 0.795. The molecule has 0 bridgehead atoms. The predicted octanol–water partition coefficient (Wildman–Crippen LogP) is 3.58. The molecule has 1 aromatic rings. The van der Waals surface area contributed by atoms with Crippen LogP contribution in [-0.4, -0.2) is 26.2 Å². The largest absolute Gasteiger partial charge is 0.370 e. The van der Waals surface area contributed by atoms with E-state index >= 15 is 0 Å². The molecule has 1 aromatic carbocycles. The van der Waals surface area contributed by atoms with Gasteiger partial charge >= 0.3 is 0 Å². The molecule has 1 aliphatic rings. The van der Waals surface area contributed by atoms with Crippen molar-refractivity contribution in [3.05, 3.63) is 28.2 Å². The van der Waals surface area contributed by atoms with Gasteiger partial charge in [-0.2, -0.15) is 0 Å². The van der Waals surface area contributed by atoms with Gasteiger partial charge in [0, 0.05) is 17.6 Å². The van der Waals surface area contributed by atoms with Crippen LogP contribution in [0.2, 0.25) is 0 Å². The van der Waals surface area contributed by atoms with Gasteiger partial charge in [-0.25, -0.2) is 0 Å². The van der Waals surface area contributed by atoms with Crippen molar-refractivity contribution < 1.29 is 0 Å². The first kappa shape index (κ1) is 13.9. The molecule has 1 fully saturated rings. The van der Waals surface area contributed by atoms with Gasteiger partial charge in [-0.05, 0) is 72.4 Å². The molecule has 18 heavy (non-hydrogen) atoms. The highest BCUT2D eigenvalue weighted by Crippen LogP contribution is 2.31. The molecular formula is C15H23BrN2. The molecule has 0 saturated carbocycles. The Bertz CT molecular complexity index is 392. The van der Waals surface area contributed by atoms with Crippen LogP contribution < -0.4 is 10.2 Å². The number of rotatable bonds is 5. The molecule has 3 heteroatoms.